The van der Waals surface area contributed by atoms with Crippen LogP contribution in [0.5, 0.6) is 5.75 Å². The zero-order valence-corrected chi connectivity index (χ0v) is 19.4. The summed E-state index contributed by atoms with van der Waals surface area (Å²) in [6.07, 6.45) is 4.65. The van der Waals surface area contributed by atoms with E-state index >= 15 is 0 Å². The van der Waals surface area contributed by atoms with Crippen molar-refractivity contribution in [1.82, 2.24) is 4.31 Å². The Bertz CT molecular complexity index is 803. The molecule has 1 fully saturated rings. The van der Waals surface area contributed by atoms with Crippen molar-refractivity contribution in [3.05, 3.63) is 33.7 Å². The van der Waals surface area contributed by atoms with Gasteiger partial charge in [0.05, 0.1) is 4.91 Å². The number of hydrogen-bond acceptors (Lipinski definition) is 3. The molecule has 158 valence electrons. The van der Waals surface area contributed by atoms with Crippen LogP contribution in [0.4, 0.5) is 0 Å². The number of hydrogen-bond donors (Lipinski definition) is 1. The van der Waals surface area contributed by atoms with Gasteiger partial charge in [0.25, 0.3) is 0 Å². The average Bonchev–Trinajstić information content (AvgIpc) is 2.77. The molecule has 28 heavy (non-hydrogen) atoms. The Hall–Kier alpha value is -1.33. The van der Waals surface area contributed by atoms with Crippen molar-refractivity contribution in [2.45, 2.75) is 74.1 Å². The Morgan fingerprint density at radius 1 is 1.04 bits per heavy atom. The number of phenolic OH excluding ortho intramolecular Hbond substituents is 1. The highest BCUT2D eigenvalue weighted by Crippen LogP contribution is 2.36. The van der Waals surface area contributed by atoms with Crippen molar-refractivity contribution >= 4 is 16.1 Å². The highest BCUT2D eigenvalue weighted by atomic mass is 32.2. The van der Waals surface area contributed by atoms with E-state index in [1.807, 2.05) is 25.1 Å². The maximum absolute atomic E-state index is 12.8. The molecule has 1 aliphatic heterocycles. The van der Waals surface area contributed by atoms with Gasteiger partial charge in [0.1, 0.15) is 5.75 Å². The van der Waals surface area contributed by atoms with Gasteiger partial charge < -0.3 is 5.11 Å². The van der Waals surface area contributed by atoms with Crippen LogP contribution in [0.1, 0.15) is 78.0 Å². The summed E-state index contributed by atoms with van der Waals surface area (Å²) in [7, 11) is -3.36. The molecule has 4 nitrogen and oxygen atoms in total. The fourth-order valence-electron chi connectivity index (χ4n) is 3.75. The third-order valence-corrected chi connectivity index (χ3v) is 6.84. The summed E-state index contributed by atoms with van der Waals surface area (Å²) >= 11 is 0. The molecule has 0 aliphatic carbocycles. The third kappa shape index (κ3) is 5.84. The molecule has 1 aliphatic rings. The van der Waals surface area contributed by atoms with Crippen molar-refractivity contribution in [3.8, 4) is 5.75 Å². The minimum absolute atomic E-state index is 0.0274. The first-order chi connectivity index (χ1) is 12.7. The summed E-state index contributed by atoms with van der Waals surface area (Å²) < 4.78 is 27.2. The lowest BCUT2D eigenvalue weighted by atomic mass is 9.83. The lowest BCUT2D eigenvalue weighted by molar-refractivity contribution is 0.378. The second-order valence-electron chi connectivity index (χ2n) is 10.4. The van der Waals surface area contributed by atoms with E-state index in [2.05, 4.69) is 41.5 Å². The summed E-state index contributed by atoms with van der Waals surface area (Å²) in [5, 5.41) is 10.9. The van der Waals surface area contributed by atoms with E-state index in [0.29, 0.717) is 30.2 Å². The number of phenols is 1. The monoisotopic (exact) mass is 407 g/mol. The van der Waals surface area contributed by atoms with Gasteiger partial charge in [-0.1, -0.05) is 48.5 Å². The van der Waals surface area contributed by atoms with Gasteiger partial charge in [-0.15, -0.1) is 0 Å². The standard InChI is InChI=1S/C23H37NO3S/c1-8-10-24-11-9-20(28(24,26)27)14-17-12-18(15-22(2,3)4)21(25)19(13-17)16-23(5,6)7/h12-14,25H,8-11,15-16H2,1-7H3/b20-14-. The summed E-state index contributed by atoms with van der Waals surface area (Å²) in [5.74, 6) is 0.355. The van der Waals surface area contributed by atoms with E-state index in [-0.39, 0.29) is 10.8 Å². The van der Waals surface area contributed by atoms with Crippen molar-refractivity contribution in [2.24, 2.45) is 10.8 Å². The second-order valence-corrected chi connectivity index (χ2v) is 12.4. The smallest absolute Gasteiger partial charge is 0.239 e. The molecule has 1 N–H and O–H groups in total. The predicted molar refractivity (Wildman–Crippen MR) is 118 cm³/mol. The first-order valence-electron chi connectivity index (χ1n) is 10.3. The maximum atomic E-state index is 12.8. The van der Waals surface area contributed by atoms with Crippen molar-refractivity contribution in [1.29, 1.82) is 0 Å². The quantitative estimate of drug-likeness (QED) is 0.715. The minimum Gasteiger partial charge on any atom is -0.507 e. The molecule has 0 unspecified atom stereocenters. The average molecular weight is 408 g/mol. The summed E-state index contributed by atoms with van der Waals surface area (Å²) in [6, 6.07) is 3.91. The molecule has 0 amide bonds. The van der Waals surface area contributed by atoms with E-state index in [1.165, 1.54) is 0 Å². The Balaban J connectivity index is 2.52. The highest BCUT2D eigenvalue weighted by Gasteiger charge is 2.33. The van der Waals surface area contributed by atoms with E-state index < -0.39 is 10.0 Å². The summed E-state index contributed by atoms with van der Waals surface area (Å²) in [5.41, 5.74) is 2.70. The lowest BCUT2D eigenvalue weighted by Gasteiger charge is -2.23. The highest BCUT2D eigenvalue weighted by molar-refractivity contribution is 7.93. The van der Waals surface area contributed by atoms with Gasteiger partial charge in [0.15, 0.2) is 0 Å². The largest absolute Gasteiger partial charge is 0.507 e. The molecule has 0 saturated carbocycles. The zero-order chi connectivity index (χ0) is 21.3. The van der Waals surface area contributed by atoms with E-state index in [4.69, 9.17) is 0 Å². The van der Waals surface area contributed by atoms with Crippen LogP contribution < -0.4 is 0 Å². The number of sulfonamides is 1. The van der Waals surface area contributed by atoms with Gasteiger partial charge in [0, 0.05) is 13.1 Å². The number of rotatable bonds is 5. The maximum Gasteiger partial charge on any atom is 0.239 e. The molecule has 0 aromatic heterocycles. The molecule has 0 atom stereocenters. The summed E-state index contributed by atoms with van der Waals surface area (Å²) in [4.78, 5) is 0.482. The van der Waals surface area contributed by atoms with Crippen LogP contribution in [0.15, 0.2) is 17.0 Å². The molecule has 2 rings (SSSR count). The predicted octanol–water partition coefficient (Wildman–Crippen LogP) is 5.36. The van der Waals surface area contributed by atoms with E-state index in [9.17, 15) is 13.5 Å². The third-order valence-electron chi connectivity index (χ3n) is 4.81. The molecule has 1 heterocycles. The second kappa shape index (κ2) is 8.19. The van der Waals surface area contributed by atoms with E-state index in [1.54, 1.807) is 4.31 Å². The Morgan fingerprint density at radius 2 is 1.54 bits per heavy atom. The fourth-order valence-corrected chi connectivity index (χ4v) is 5.47. The van der Waals surface area contributed by atoms with E-state index in [0.717, 1.165) is 36.0 Å². The molecule has 0 radical (unpaired) electrons. The molecule has 0 spiro atoms. The first-order valence-corrected chi connectivity index (χ1v) is 11.7. The van der Waals surface area contributed by atoms with Gasteiger partial charge in [-0.2, -0.15) is 4.31 Å². The SMILES string of the molecule is CCCN1CC/C(=C/c2cc(CC(C)(C)C)c(O)c(CC(C)(C)C)c2)S1(=O)=O. The number of nitrogens with zero attached hydrogens (tertiary/aromatic N) is 1. The van der Waals surface area contributed by atoms with Crippen LogP contribution >= 0.6 is 0 Å². The van der Waals surface area contributed by atoms with Crippen molar-refractivity contribution in [2.75, 3.05) is 13.1 Å². The molecule has 5 heteroatoms. The van der Waals surface area contributed by atoms with Crippen LogP contribution in [0, 0.1) is 10.8 Å². The van der Waals surface area contributed by atoms with Gasteiger partial charge >= 0.3 is 0 Å². The minimum atomic E-state index is -3.36. The zero-order valence-electron chi connectivity index (χ0n) is 18.6. The van der Waals surface area contributed by atoms with Gasteiger partial charge in [-0.3, -0.25) is 0 Å². The molecular formula is C23H37NO3S. The number of aromatic hydroxyl groups is 1. The van der Waals surface area contributed by atoms with Crippen molar-refractivity contribution < 1.29 is 13.5 Å². The fraction of sp³-hybridized carbons (Fsp3) is 0.652. The van der Waals surface area contributed by atoms with Crippen LogP contribution in [0.2, 0.25) is 0 Å². The first kappa shape index (κ1) is 23.0. The van der Waals surface area contributed by atoms with Crippen LogP contribution in [0.25, 0.3) is 6.08 Å². The normalized spacial score (nSPS) is 19.5. The molecular weight excluding hydrogens is 370 g/mol. The Labute approximate surface area is 171 Å². The van der Waals surface area contributed by atoms with Crippen LogP contribution in [-0.4, -0.2) is 30.9 Å². The lowest BCUT2D eigenvalue weighted by Crippen LogP contribution is -2.25. The topological polar surface area (TPSA) is 57.6 Å². The van der Waals surface area contributed by atoms with Gasteiger partial charge in [-0.25, -0.2) is 8.42 Å². The molecule has 0 bridgehead atoms. The summed E-state index contributed by atoms with van der Waals surface area (Å²) in [6.45, 7) is 16.0. The molecule has 1 saturated heterocycles. The molecule has 1 aromatic rings. The number of benzene rings is 1. The Kier molecular flexibility index (Phi) is 6.72. The van der Waals surface area contributed by atoms with Crippen molar-refractivity contribution in [3.63, 3.8) is 0 Å². The van der Waals surface area contributed by atoms with Gasteiger partial charge in [0.2, 0.25) is 10.0 Å². The van der Waals surface area contributed by atoms with Crippen LogP contribution in [0.3, 0.4) is 0 Å². The Morgan fingerprint density at radius 3 is 1.96 bits per heavy atom. The van der Waals surface area contributed by atoms with Gasteiger partial charge in [-0.05, 0) is 71.4 Å². The molecule has 1 aromatic carbocycles. The van der Waals surface area contributed by atoms with Crippen LogP contribution in [-0.2, 0) is 22.9 Å².